The predicted molar refractivity (Wildman–Crippen MR) is 72.0 cm³/mol. The van der Waals surface area contributed by atoms with Gasteiger partial charge in [-0.15, -0.1) is 0 Å². The van der Waals surface area contributed by atoms with Gasteiger partial charge in [-0.05, 0) is 33.3 Å². The second kappa shape index (κ2) is 5.57. The molecule has 1 aromatic rings. The monoisotopic (exact) mass is 250 g/mol. The molecule has 1 aromatic heterocycles. The minimum absolute atomic E-state index is 0.00488. The smallest absolute Gasteiger partial charge is 0.215 e. The first kappa shape index (κ1) is 13.1. The summed E-state index contributed by atoms with van der Waals surface area (Å²) < 4.78 is 11.0. The average Bonchev–Trinajstić information content (AvgIpc) is 2.77. The van der Waals surface area contributed by atoms with Gasteiger partial charge in [0.25, 0.3) is 0 Å². The number of anilines is 1. The molecule has 0 radical (unpaired) electrons. The van der Waals surface area contributed by atoms with Gasteiger partial charge in [0.2, 0.25) is 5.88 Å². The Labute approximate surface area is 109 Å². The normalized spacial score (nSPS) is 19.8. The fraction of sp³-hybridized carbons (Fsp3) is 0.643. The molecule has 2 heterocycles. The van der Waals surface area contributed by atoms with Gasteiger partial charge >= 0.3 is 0 Å². The van der Waals surface area contributed by atoms with E-state index in [1.165, 1.54) is 0 Å². The molecule has 0 spiro atoms. The number of aromatic nitrogens is 1. The van der Waals surface area contributed by atoms with Crippen LogP contribution in [0.25, 0.3) is 0 Å². The summed E-state index contributed by atoms with van der Waals surface area (Å²) in [5, 5.41) is 3.33. The van der Waals surface area contributed by atoms with E-state index in [0.717, 1.165) is 25.5 Å². The van der Waals surface area contributed by atoms with Crippen molar-refractivity contribution in [2.75, 3.05) is 25.1 Å². The Balaban J connectivity index is 1.90. The van der Waals surface area contributed by atoms with Crippen molar-refractivity contribution in [1.82, 2.24) is 4.98 Å². The number of hydrogen-bond donors (Lipinski definition) is 1. The van der Waals surface area contributed by atoms with Crippen LogP contribution in [0, 0.1) is 5.92 Å². The number of ether oxygens (including phenoxy) is 2. The second-order valence-electron chi connectivity index (χ2n) is 5.78. The Morgan fingerprint density at radius 2 is 2.28 bits per heavy atom. The quantitative estimate of drug-likeness (QED) is 0.892. The maximum absolute atomic E-state index is 5.71. The Kier molecular flexibility index (Phi) is 4.07. The Bertz CT molecular complexity index is 382. The first-order chi connectivity index (χ1) is 8.53. The lowest BCUT2D eigenvalue weighted by Crippen LogP contribution is -2.26. The summed E-state index contributed by atoms with van der Waals surface area (Å²) >= 11 is 0. The van der Waals surface area contributed by atoms with Gasteiger partial charge in [-0.1, -0.05) is 6.07 Å². The average molecular weight is 250 g/mol. The lowest BCUT2D eigenvalue weighted by Gasteiger charge is -2.21. The second-order valence-corrected chi connectivity index (χ2v) is 5.78. The molecule has 1 fully saturated rings. The lowest BCUT2D eigenvalue weighted by atomic mass is 10.1. The number of hydrogen-bond acceptors (Lipinski definition) is 4. The van der Waals surface area contributed by atoms with E-state index in [1.807, 2.05) is 18.2 Å². The van der Waals surface area contributed by atoms with Crippen LogP contribution in [-0.4, -0.2) is 30.3 Å². The highest BCUT2D eigenvalue weighted by Crippen LogP contribution is 2.18. The maximum atomic E-state index is 5.71. The first-order valence-electron chi connectivity index (χ1n) is 6.49. The van der Waals surface area contributed by atoms with Crippen LogP contribution >= 0.6 is 0 Å². The fourth-order valence-electron chi connectivity index (χ4n) is 1.87. The van der Waals surface area contributed by atoms with Crippen LogP contribution in [0.15, 0.2) is 18.2 Å². The molecule has 1 saturated heterocycles. The molecular formula is C14H22N2O2. The van der Waals surface area contributed by atoms with Crippen LogP contribution in [0.5, 0.6) is 5.88 Å². The zero-order valence-electron chi connectivity index (χ0n) is 11.4. The van der Waals surface area contributed by atoms with E-state index in [-0.39, 0.29) is 5.54 Å². The SMILES string of the molecule is CC(C)(C)Nc1cccc(OCC2CCOC2)n1. The summed E-state index contributed by atoms with van der Waals surface area (Å²) in [6, 6.07) is 5.81. The maximum Gasteiger partial charge on any atom is 0.215 e. The largest absolute Gasteiger partial charge is 0.477 e. The third-order valence-electron chi connectivity index (χ3n) is 2.72. The molecule has 1 atom stereocenters. The van der Waals surface area contributed by atoms with Crippen molar-refractivity contribution in [2.45, 2.75) is 32.7 Å². The highest BCUT2D eigenvalue weighted by Gasteiger charge is 2.16. The van der Waals surface area contributed by atoms with Gasteiger partial charge < -0.3 is 14.8 Å². The van der Waals surface area contributed by atoms with Crippen molar-refractivity contribution in [1.29, 1.82) is 0 Å². The molecule has 2 rings (SSSR count). The molecule has 100 valence electrons. The molecule has 0 aromatic carbocycles. The summed E-state index contributed by atoms with van der Waals surface area (Å²) in [5.41, 5.74) is 0.00488. The van der Waals surface area contributed by atoms with E-state index in [4.69, 9.17) is 9.47 Å². The van der Waals surface area contributed by atoms with Crippen molar-refractivity contribution < 1.29 is 9.47 Å². The zero-order chi connectivity index (χ0) is 13.0. The van der Waals surface area contributed by atoms with Gasteiger partial charge in [0.15, 0.2) is 0 Å². The van der Waals surface area contributed by atoms with Crippen LogP contribution in [0.2, 0.25) is 0 Å². The van der Waals surface area contributed by atoms with Crippen LogP contribution in [0.4, 0.5) is 5.82 Å². The van der Waals surface area contributed by atoms with E-state index in [0.29, 0.717) is 18.4 Å². The van der Waals surface area contributed by atoms with E-state index in [1.54, 1.807) is 0 Å². The van der Waals surface area contributed by atoms with Crippen molar-refractivity contribution in [3.8, 4) is 5.88 Å². The number of nitrogens with zero attached hydrogens (tertiary/aromatic N) is 1. The van der Waals surface area contributed by atoms with E-state index in [9.17, 15) is 0 Å². The summed E-state index contributed by atoms with van der Waals surface area (Å²) in [7, 11) is 0. The van der Waals surface area contributed by atoms with Gasteiger partial charge in [0.05, 0.1) is 13.2 Å². The van der Waals surface area contributed by atoms with Crippen molar-refractivity contribution in [3.05, 3.63) is 18.2 Å². The Morgan fingerprint density at radius 1 is 1.44 bits per heavy atom. The van der Waals surface area contributed by atoms with E-state index >= 15 is 0 Å². The molecule has 1 aliphatic rings. The third-order valence-corrected chi connectivity index (χ3v) is 2.72. The van der Waals surface area contributed by atoms with Crippen LogP contribution in [0.3, 0.4) is 0 Å². The standard InChI is InChI=1S/C14H22N2O2/c1-14(2,3)16-12-5-4-6-13(15-12)18-10-11-7-8-17-9-11/h4-6,11H,7-10H2,1-3H3,(H,15,16). The minimum atomic E-state index is 0.00488. The topological polar surface area (TPSA) is 43.4 Å². The molecule has 18 heavy (non-hydrogen) atoms. The van der Waals surface area contributed by atoms with Gasteiger partial charge in [-0.3, -0.25) is 0 Å². The first-order valence-corrected chi connectivity index (χ1v) is 6.49. The Morgan fingerprint density at radius 3 is 2.94 bits per heavy atom. The van der Waals surface area contributed by atoms with Gasteiger partial charge in [-0.25, -0.2) is 0 Å². The highest BCUT2D eigenvalue weighted by atomic mass is 16.5. The Hall–Kier alpha value is -1.29. The summed E-state index contributed by atoms with van der Waals surface area (Å²) in [6.07, 6.45) is 1.08. The number of rotatable bonds is 4. The summed E-state index contributed by atoms with van der Waals surface area (Å²) in [6.45, 7) is 8.67. The molecule has 0 saturated carbocycles. The van der Waals surface area contributed by atoms with Gasteiger partial charge in [0.1, 0.15) is 5.82 Å². The summed E-state index contributed by atoms with van der Waals surface area (Å²) in [5.74, 6) is 2.03. The molecule has 0 amide bonds. The molecule has 4 nitrogen and oxygen atoms in total. The molecule has 0 bridgehead atoms. The summed E-state index contributed by atoms with van der Waals surface area (Å²) in [4.78, 5) is 4.44. The molecule has 1 N–H and O–H groups in total. The number of pyridine rings is 1. The zero-order valence-corrected chi connectivity index (χ0v) is 11.4. The van der Waals surface area contributed by atoms with E-state index < -0.39 is 0 Å². The molecule has 4 heteroatoms. The fourth-order valence-corrected chi connectivity index (χ4v) is 1.87. The van der Waals surface area contributed by atoms with E-state index in [2.05, 4.69) is 31.1 Å². The van der Waals surface area contributed by atoms with Crippen molar-refractivity contribution >= 4 is 5.82 Å². The van der Waals surface area contributed by atoms with Crippen LogP contribution < -0.4 is 10.1 Å². The van der Waals surface area contributed by atoms with Gasteiger partial charge in [0, 0.05) is 24.1 Å². The third kappa shape index (κ3) is 4.18. The highest BCUT2D eigenvalue weighted by molar-refractivity contribution is 5.39. The van der Waals surface area contributed by atoms with Crippen LogP contribution in [-0.2, 0) is 4.74 Å². The van der Waals surface area contributed by atoms with Gasteiger partial charge in [-0.2, -0.15) is 4.98 Å². The van der Waals surface area contributed by atoms with Crippen LogP contribution in [0.1, 0.15) is 27.2 Å². The molecule has 1 unspecified atom stereocenters. The number of nitrogens with one attached hydrogen (secondary N) is 1. The predicted octanol–water partition coefficient (Wildman–Crippen LogP) is 2.71. The molecular weight excluding hydrogens is 228 g/mol. The lowest BCUT2D eigenvalue weighted by molar-refractivity contribution is 0.165. The van der Waals surface area contributed by atoms with Crippen molar-refractivity contribution in [3.63, 3.8) is 0 Å². The minimum Gasteiger partial charge on any atom is -0.477 e. The molecule has 1 aliphatic heterocycles. The van der Waals surface area contributed by atoms with Crippen molar-refractivity contribution in [2.24, 2.45) is 5.92 Å². The molecule has 0 aliphatic carbocycles.